The third-order valence-electron chi connectivity index (χ3n) is 17.9. The van der Waals surface area contributed by atoms with E-state index < -0.39 is 124 Å². The second kappa shape index (κ2) is 52.3. The lowest BCUT2D eigenvalue weighted by Gasteiger charge is -2.48. The van der Waals surface area contributed by atoms with Crippen molar-refractivity contribution in [3.63, 3.8) is 0 Å². The Hall–Kier alpha value is -1.99. The van der Waals surface area contributed by atoms with Gasteiger partial charge in [0.05, 0.1) is 38.6 Å². The average molecular weight is 1270 g/mol. The van der Waals surface area contributed by atoms with Gasteiger partial charge in [0.25, 0.3) is 0 Å². The second-order valence-electron chi connectivity index (χ2n) is 25.7. The van der Waals surface area contributed by atoms with Crippen LogP contribution in [-0.4, -0.2) is 193 Å². The van der Waals surface area contributed by atoms with Gasteiger partial charge in [-0.25, -0.2) is 0 Å². The molecule has 0 aromatic rings. The summed E-state index contributed by atoms with van der Waals surface area (Å²) in [5, 5.41) is 120. The molecule has 12 N–H and O–H groups in total. The number of carbonyl (C=O) groups excluding carboxylic acids is 1. The van der Waals surface area contributed by atoms with Crippen LogP contribution in [-0.2, 0) is 33.2 Å². The smallest absolute Gasteiger partial charge is 0.220 e. The van der Waals surface area contributed by atoms with Crippen molar-refractivity contribution < 1.29 is 89.4 Å². The predicted molar refractivity (Wildman–Crippen MR) is 346 cm³/mol. The molecule has 0 saturated carbocycles. The van der Waals surface area contributed by atoms with Crippen LogP contribution in [0, 0.1) is 0 Å². The number of unbranched alkanes of at least 4 members (excludes halogenated alkanes) is 35. The molecule has 0 aliphatic carbocycles. The van der Waals surface area contributed by atoms with Gasteiger partial charge >= 0.3 is 0 Å². The lowest BCUT2D eigenvalue weighted by molar-refractivity contribution is -0.379. The molecular weight excluding hydrogens is 1140 g/mol. The minimum absolute atomic E-state index is 0.246. The minimum atomic E-state index is -1.98. The summed E-state index contributed by atoms with van der Waals surface area (Å²) in [4.78, 5) is 13.4. The Bertz CT molecular complexity index is 1760. The topological polar surface area (TPSA) is 307 Å². The van der Waals surface area contributed by atoms with Crippen LogP contribution >= 0.6 is 0 Å². The van der Waals surface area contributed by atoms with Crippen molar-refractivity contribution in [2.45, 2.75) is 375 Å². The summed E-state index contributed by atoms with van der Waals surface area (Å²) in [6.45, 7) is 1.74. The molecule has 17 unspecified atom stereocenters. The molecule has 0 radical (unpaired) electrons. The Labute approximate surface area is 536 Å². The van der Waals surface area contributed by atoms with Crippen molar-refractivity contribution in [1.29, 1.82) is 0 Å². The van der Waals surface area contributed by atoms with Gasteiger partial charge in [0.2, 0.25) is 5.91 Å². The molecule has 3 heterocycles. The van der Waals surface area contributed by atoms with Gasteiger partial charge in [-0.3, -0.25) is 4.79 Å². The van der Waals surface area contributed by atoms with Gasteiger partial charge in [-0.1, -0.05) is 249 Å². The van der Waals surface area contributed by atoms with Crippen LogP contribution in [0.25, 0.3) is 0 Å². The summed E-state index contributed by atoms with van der Waals surface area (Å²) in [5.74, 6) is -0.273. The molecule has 1 amide bonds. The zero-order valence-electron chi connectivity index (χ0n) is 55.2. The Kier molecular flexibility index (Phi) is 47.7. The van der Waals surface area contributed by atoms with Gasteiger partial charge in [-0.05, 0) is 51.4 Å². The van der Waals surface area contributed by atoms with Crippen LogP contribution in [0.5, 0.6) is 0 Å². The molecule has 3 aliphatic heterocycles. The standard InChI is InChI=1S/C70H129NO18/c1-3-5-7-9-11-13-15-17-19-20-21-22-23-24-25-26-27-28-29-30-31-32-34-36-38-40-42-44-46-48-58(76)71-53(54(75)47-45-43-41-39-37-35-33-18-16-14-12-10-8-6-4-2)52-84-68-64(82)61(79)66(56(50-73)86-68)89-70-65(83)62(80)67(57(51-74)87-70)88-69-63(81)60(78)59(77)55(49-72)85-69/h15,17,20-21,45,47,53-57,59-70,72-75,77-83H,3-14,16,18-19,22-44,46,48-52H2,1-2H3,(H,71,76)/b17-15-,21-20-,47-45+. The summed E-state index contributed by atoms with van der Waals surface area (Å²) in [6.07, 6.45) is 34.1. The van der Waals surface area contributed by atoms with Crippen molar-refractivity contribution in [3.8, 4) is 0 Å². The van der Waals surface area contributed by atoms with E-state index in [1.54, 1.807) is 6.08 Å². The number of hydrogen-bond acceptors (Lipinski definition) is 18. The molecule has 3 aliphatic rings. The number of aliphatic hydroxyl groups excluding tert-OH is 11. The lowest BCUT2D eigenvalue weighted by Crippen LogP contribution is -2.66. The first-order valence-corrected chi connectivity index (χ1v) is 35.7. The minimum Gasteiger partial charge on any atom is -0.394 e. The number of hydrogen-bond donors (Lipinski definition) is 12. The quantitative estimate of drug-likeness (QED) is 0.0199. The maximum absolute atomic E-state index is 13.4. The normalized spacial score (nSPS) is 28.4. The summed E-state index contributed by atoms with van der Waals surface area (Å²) in [6, 6.07) is -0.971. The fourth-order valence-corrected chi connectivity index (χ4v) is 12.1. The van der Waals surface area contributed by atoms with E-state index in [2.05, 4.69) is 43.5 Å². The highest BCUT2D eigenvalue weighted by atomic mass is 16.8. The largest absolute Gasteiger partial charge is 0.394 e. The zero-order chi connectivity index (χ0) is 64.7. The first-order chi connectivity index (χ1) is 43.3. The predicted octanol–water partition coefficient (Wildman–Crippen LogP) is 9.61. The van der Waals surface area contributed by atoms with E-state index in [1.807, 2.05) is 6.08 Å². The zero-order valence-corrected chi connectivity index (χ0v) is 55.2. The van der Waals surface area contributed by atoms with Gasteiger partial charge in [0, 0.05) is 6.42 Å². The van der Waals surface area contributed by atoms with Crippen molar-refractivity contribution in [3.05, 3.63) is 36.5 Å². The van der Waals surface area contributed by atoms with Gasteiger partial charge in [0.15, 0.2) is 18.9 Å². The van der Waals surface area contributed by atoms with Gasteiger partial charge in [0.1, 0.15) is 73.2 Å². The van der Waals surface area contributed by atoms with E-state index in [1.165, 1.54) is 193 Å². The maximum atomic E-state index is 13.4. The lowest BCUT2D eigenvalue weighted by atomic mass is 9.96. The van der Waals surface area contributed by atoms with Crippen molar-refractivity contribution in [2.75, 3.05) is 26.4 Å². The van der Waals surface area contributed by atoms with E-state index in [0.717, 1.165) is 51.4 Å². The molecule has 522 valence electrons. The monoisotopic (exact) mass is 1270 g/mol. The Morgan fingerprint density at radius 2 is 0.742 bits per heavy atom. The number of nitrogens with one attached hydrogen (secondary N) is 1. The van der Waals surface area contributed by atoms with E-state index in [0.29, 0.717) is 6.42 Å². The maximum Gasteiger partial charge on any atom is 0.220 e. The highest BCUT2D eigenvalue weighted by molar-refractivity contribution is 5.76. The first kappa shape index (κ1) is 81.2. The molecule has 3 fully saturated rings. The summed E-state index contributed by atoms with van der Waals surface area (Å²) < 4.78 is 34.3. The van der Waals surface area contributed by atoms with E-state index in [9.17, 15) is 61.0 Å². The van der Waals surface area contributed by atoms with Crippen molar-refractivity contribution in [2.24, 2.45) is 0 Å². The molecule has 0 aromatic heterocycles. The van der Waals surface area contributed by atoms with Crippen LogP contribution in [0.2, 0.25) is 0 Å². The molecule has 3 saturated heterocycles. The number of allylic oxidation sites excluding steroid dienone is 5. The van der Waals surface area contributed by atoms with Crippen LogP contribution in [0.1, 0.15) is 271 Å². The first-order valence-electron chi connectivity index (χ1n) is 35.7. The fraction of sp³-hybridized carbons (Fsp3) is 0.900. The third kappa shape index (κ3) is 34.3. The number of amides is 1. The number of carbonyl (C=O) groups is 1. The second-order valence-corrected chi connectivity index (χ2v) is 25.7. The molecule has 0 aromatic carbocycles. The highest BCUT2D eigenvalue weighted by Crippen LogP contribution is 2.33. The Morgan fingerprint density at radius 1 is 0.404 bits per heavy atom. The molecule has 3 rings (SSSR count). The number of aliphatic hydroxyl groups is 11. The summed E-state index contributed by atoms with van der Waals surface area (Å²) in [7, 11) is 0. The van der Waals surface area contributed by atoms with E-state index in [4.69, 9.17) is 28.4 Å². The van der Waals surface area contributed by atoms with Crippen LogP contribution in [0.15, 0.2) is 36.5 Å². The van der Waals surface area contributed by atoms with Gasteiger partial charge in [-0.2, -0.15) is 0 Å². The van der Waals surface area contributed by atoms with Crippen LogP contribution in [0.3, 0.4) is 0 Å². The molecule has 0 bridgehead atoms. The van der Waals surface area contributed by atoms with E-state index >= 15 is 0 Å². The summed E-state index contributed by atoms with van der Waals surface area (Å²) >= 11 is 0. The Morgan fingerprint density at radius 3 is 1.15 bits per heavy atom. The van der Waals surface area contributed by atoms with Crippen LogP contribution in [0.4, 0.5) is 0 Å². The molecular formula is C70H129NO18. The summed E-state index contributed by atoms with van der Waals surface area (Å²) in [5.41, 5.74) is 0. The van der Waals surface area contributed by atoms with Gasteiger partial charge in [-0.15, -0.1) is 0 Å². The number of ether oxygens (including phenoxy) is 6. The van der Waals surface area contributed by atoms with Crippen molar-refractivity contribution >= 4 is 5.91 Å². The average Bonchev–Trinajstić information content (AvgIpc) is 2.42. The van der Waals surface area contributed by atoms with Gasteiger partial charge < -0.3 is 89.9 Å². The molecule has 17 atom stereocenters. The molecule has 19 nitrogen and oxygen atoms in total. The number of rotatable bonds is 55. The molecule has 19 heteroatoms. The van der Waals surface area contributed by atoms with Crippen molar-refractivity contribution in [1.82, 2.24) is 5.32 Å². The Balaban J connectivity index is 1.39. The molecule has 89 heavy (non-hydrogen) atoms. The SMILES string of the molecule is CCCCCCC/C=C\C/C=C\CCCCCCCCCCCCCCCCCCCC(=O)NC(COC1OC(CO)C(OC2OC(CO)C(OC3OC(CO)C(O)C(O)C3O)C(O)C2O)C(O)C1O)C(O)/C=C/CCCCCCCCCCCCCCC. The highest BCUT2D eigenvalue weighted by Gasteiger charge is 2.53. The molecule has 0 spiro atoms. The van der Waals surface area contributed by atoms with Crippen LogP contribution < -0.4 is 5.32 Å². The van der Waals surface area contributed by atoms with E-state index in [-0.39, 0.29) is 18.9 Å². The third-order valence-corrected chi connectivity index (χ3v) is 17.9. The fourth-order valence-electron chi connectivity index (χ4n) is 12.1.